The number of ether oxygens (including phenoxy) is 1. The Morgan fingerprint density at radius 1 is 1.53 bits per heavy atom. The van der Waals surface area contributed by atoms with Crippen molar-refractivity contribution in [1.29, 1.82) is 0 Å². The van der Waals surface area contributed by atoms with Gasteiger partial charge in [0.1, 0.15) is 5.75 Å². The van der Waals surface area contributed by atoms with E-state index in [4.69, 9.17) is 21.4 Å². The van der Waals surface area contributed by atoms with Crippen LogP contribution in [0.4, 0.5) is 0 Å². The van der Waals surface area contributed by atoms with E-state index in [1.807, 2.05) is 0 Å². The average Bonchev–Trinajstić information content (AvgIpc) is 2.59. The first-order valence-corrected chi connectivity index (χ1v) is 4.59. The molecule has 2 rings (SSSR count). The molecule has 4 nitrogen and oxygen atoms in total. The van der Waals surface area contributed by atoms with Gasteiger partial charge in [-0.15, -0.1) is 0 Å². The lowest BCUT2D eigenvalue weighted by atomic mass is 10.1. The van der Waals surface area contributed by atoms with Crippen molar-refractivity contribution in [3.8, 4) is 5.75 Å². The molecule has 15 heavy (non-hydrogen) atoms. The normalized spacial score (nSPS) is 10.5. The zero-order valence-electron chi connectivity index (χ0n) is 7.87. The summed E-state index contributed by atoms with van der Waals surface area (Å²) in [5.41, 5.74) is 0.814. The third-order valence-corrected chi connectivity index (χ3v) is 2.46. The molecule has 0 amide bonds. The van der Waals surface area contributed by atoms with E-state index in [-0.39, 0.29) is 5.56 Å². The molecule has 0 unspecified atom stereocenters. The molecule has 0 saturated carbocycles. The van der Waals surface area contributed by atoms with Crippen LogP contribution in [-0.2, 0) is 0 Å². The van der Waals surface area contributed by atoms with Gasteiger partial charge in [0.05, 0.1) is 28.6 Å². The molecule has 1 aromatic heterocycles. The van der Waals surface area contributed by atoms with E-state index in [9.17, 15) is 4.79 Å². The molecule has 0 radical (unpaired) electrons. The van der Waals surface area contributed by atoms with Crippen LogP contribution in [-0.4, -0.2) is 23.2 Å². The summed E-state index contributed by atoms with van der Waals surface area (Å²) < 4.78 is 5.09. The summed E-state index contributed by atoms with van der Waals surface area (Å²) in [5, 5.41) is 10.1. The van der Waals surface area contributed by atoms with E-state index in [0.29, 0.717) is 21.7 Å². The molecular weight excluding hydrogens is 218 g/mol. The third kappa shape index (κ3) is 1.53. The van der Waals surface area contributed by atoms with Crippen LogP contribution in [0.5, 0.6) is 5.75 Å². The van der Waals surface area contributed by atoms with Gasteiger partial charge in [-0.25, -0.2) is 4.79 Å². The molecule has 0 saturated heterocycles. The van der Waals surface area contributed by atoms with Crippen molar-refractivity contribution in [2.45, 2.75) is 0 Å². The number of aromatic nitrogens is 1. The highest BCUT2D eigenvalue weighted by atomic mass is 35.5. The maximum atomic E-state index is 10.8. The Kier molecular flexibility index (Phi) is 2.28. The number of nitrogens with one attached hydrogen (secondary N) is 1. The lowest BCUT2D eigenvalue weighted by Gasteiger charge is -2.04. The minimum atomic E-state index is -0.999. The molecule has 78 valence electrons. The highest BCUT2D eigenvalue weighted by Gasteiger charge is 2.12. The van der Waals surface area contributed by atoms with E-state index in [2.05, 4.69) is 4.98 Å². The number of hydrogen-bond acceptors (Lipinski definition) is 2. The number of aromatic carboxylic acids is 1. The monoisotopic (exact) mass is 225 g/mol. The zero-order chi connectivity index (χ0) is 11.0. The quantitative estimate of drug-likeness (QED) is 0.826. The fourth-order valence-corrected chi connectivity index (χ4v) is 1.72. The number of carboxylic acid groups (broad SMARTS) is 1. The summed E-state index contributed by atoms with van der Waals surface area (Å²) in [6.45, 7) is 0. The van der Waals surface area contributed by atoms with E-state index in [1.165, 1.54) is 19.2 Å². The van der Waals surface area contributed by atoms with Gasteiger partial charge in [0.15, 0.2) is 0 Å². The third-order valence-electron chi connectivity index (χ3n) is 2.16. The predicted molar refractivity (Wildman–Crippen MR) is 56.8 cm³/mol. The Balaban J connectivity index is 2.79. The van der Waals surface area contributed by atoms with Gasteiger partial charge >= 0.3 is 5.97 Å². The molecule has 0 bridgehead atoms. The fourth-order valence-electron chi connectivity index (χ4n) is 1.47. The molecule has 2 N–H and O–H groups in total. The standard InChI is InChI=1S/C10H8ClNO3/c1-15-8-3-5(10(13)14)2-7-9(8)6(11)4-12-7/h2-4,12H,1H3,(H,13,14). The number of carbonyl (C=O) groups is 1. The summed E-state index contributed by atoms with van der Waals surface area (Å²) in [6, 6.07) is 2.97. The highest BCUT2D eigenvalue weighted by molar-refractivity contribution is 6.36. The van der Waals surface area contributed by atoms with Crippen LogP contribution in [0.1, 0.15) is 10.4 Å². The summed E-state index contributed by atoms with van der Waals surface area (Å²) in [7, 11) is 1.48. The number of H-pyrrole nitrogens is 1. The lowest BCUT2D eigenvalue weighted by molar-refractivity contribution is 0.0696. The number of halogens is 1. The Morgan fingerprint density at radius 3 is 2.87 bits per heavy atom. The lowest BCUT2D eigenvalue weighted by Crippen LogP contribution is -1.97. The van der Waals surface area contributed by atoms with Crippen LogP contribution in [0.25, 0.3) is 10.9 Å². The molecular formula is C10H8ClNO3. The fraction of sp³-hybridized carbons (Fsp3) is 0.100. The average molecular weight is 226 g/mol. The topological polar surface area (TPSA) is 62.3 Å². The first-order chi connectivity index (χ1) is 7.13. The van der Waals surface area contributed by atoms with E-state index >= 15 is 0 Å². The number of methoxy groups -OCH3 is 1. The largest absolute Gasteiger partial charge is 0.496 e. The summed E-state index contributed by atoms with van der Waals surface area (Å²) in [6.07, 6.45) is 1.60. The Morgan fingerprint density at radius 2 is 2.27 bits per heavy atom. The first kappa shape index (κ1) is 9.86. The molecule has 1 aromatic carbocycles. The maximum absolute atomic E-state index is 10.8. The summed E-state index contributed by atoms with van der Waals surface area (Å²) >= 11 is 5.93. The molecule has 0 fully saturated rings. The van der Waals surface area contributed by atoms with Gasteiger partial charge in [-0.1, -0.05) is 11.6 Å². The molecule has 0 spiro atoms. The SMILES string of the molecule is COc1cc(C(=O)O)cc2[nH]cc(Cl)c12. The van der Waals surface area contributed by atoms with Gasteiger partial charge in [-0.2, -0.15) is 0 Å². The molecule has 0 aliphatic rings. The Bertz CT molecular complexity index is 533. The maximum Gasteiger partial charge on any atom is 0.335 e. The van der Waals surface area contributed by atoms with E-state index < -0.39 is 5.97 Å². The number of benzene rings is 1. The number of aromatic amines is 1. The van der Waals surface area contributed by atoms with Crippen LogP contribution < -0.4 is 4.74 Å². The molecule has 5 heteroatoms. The van der Waals surface area contributed by atoms with Crippen molar-refractivity contribution < 1.29 is 14.6 Å². The summed E-state index contributed by atoms with van der Waals surface area (Å²) in [4.78, 5) is 13.7. The van der Waals surface area contributed by atoms with Crippen molar-refractivity contribution in [2.24, 2.45) is 0 Å². The van der Waals surface area contributed by atoms with Gasteiger partial charge in [0, 0.05) is 6.20 Å². The van der Waals surface area contributed by atoms with Gasteiger partial charge in [0.2, 0.25) is 0 Å². The van der Waals surface area contributed by atoms with Gasteiger partial charge in [0.25, 0.3) is 0 Å². The molecule has 2 aromatic rings. The number of rotatable bonds is 2. The predicted octanol–water partition coefficient (Wildman–Crippen LogP) is 2.53. The van der Waals surface area contributed by atoms with Crippen molar-refractivity contribution in [3.63, 3.8) is 0 Å². The Hall–Kier alpha value is -1.68. The molecule has 0 aliphatic carbocycles. The second-order valence-corrected chi connectivity index (χ2v) is 3.45. The highest BCUT2D eigenvalue weighted by Crippen LogP contribution is 2.33. The van der Waals surface area contributed by atoms with Crippen LogP contribution in [0, 0.1) is 0 Å². The molecule has 0 atom stereocenters. The summed E-state index contributed by atoms with van der Waals surface area (Å²) in [5.74, 6) is -0.544. The van der Waals surface area contributed by atoms with Gasteiger partial charge in [-0.05, 0) is 12.1 Å². The van der Waals surface area contributed by atoms with E-state index in [0.717, 1.165) is 0 Å². The number of fused-ring (bicyclic) bond motifs is 1. The van der Waals surface area contributed by atoms with Crippen molar-refractivity contribution >= 4 is 28.5 Å². The minimum absolute atomic E-state index is 0.165. The van der Waals surface area contributed by atoms with Crippen LogP contribution >= 0.6 is 11.6 Å². The number of carboxylic acids is 1. The zero-order valence-corrected chi connectivity index (χ0v) is 8.63. The second-order valence-electron chi connectivity index (χ2n) is 3.04. The molecule has 0 aliphatic heterocycles. The minimum Gasteiger partial charge on any atom is -0.496 e. The van der Waals surface area contributed by atoms with Crippen molar-refractivity contribution in [1.82, 2.24) is 4.98 Å². The first-order valence-electron chi connectivity index (χ1n) is 4.21. The Labute approximate surface area is 90.4 Å². The smallest absolute Gasteiger partial charge is 0.335 e. The van der Waals surface area contributed by atoms with Crippen molar-refractivity contribution in [2.75, 3.05) is 7.11 Å². The van der Waals surface area contributed by atoms with Crippen molar-refractivity contribution in [3.05, 3.63) is 28.9 Å². The number of hydrogen-bond donors (Lipinski definition) is 2. The second kappa shape index (κ2) is 3.47. The van der Waals surface area contributed by atoms with Crippen LogP contribution in [0.15, 0.2) is 18.3 Å². The van der Waals surface area contributed by atoms with Crippen LogP contribution in [0.3, 0.4) is 0 Å². The van der Waals surface area contributed by atoms with E-state index in [1.54, 1.807) is 6.20 Å². The molecule has 1 heterocycles. The van der Waals surface area contributed by atoms with Gasteiger partial charge < -0.3 is 14.8 Å². The van der Waals surface area contributed by atoms with Gasteiger partial charge in [-0.3, -0.25) is 0 Å². The van der Waals surface area contributed by atoms with Crippen LogP contribution in [0.2, 0.25) is 5.02 Å².